The average Bonchev–Trinajstić information content (AvgIpc) is 3.04. The molecule has 2 aliphatic rings. The van der Waals surface area contributed by atoms with Gasteiger partial charge in [0.15, 0.2) is 15.0 Å². The molecule has 0 unspecified atom stereocenters. The summed E-state index contributed by atoms with van der Waals surface area (Å²) in [5, 5.41) is 0.857. The van der Waals surface area contributed by atoms with Crippen molar-refractivity contribution in [3.63, 3.8) is 0 Å². The molecule has 9 heteroatoms. The second kappa shape index (κ2) is 7.40. The van der Waals surface area contributed by atoms with Crippen LogP contribution in [0.5, 0.6) is 5.75 Å². The van der Waals surface area contributed by atoms with Gasteiger partial charge in [-0.15, -0.1) is 0 Å². The highest BCUT2D eigenvalue weighted by atomic mass is 35.5. The Morgan fingerprint density at radius 1 is 1.46 bits per heavy atom. The number of amidine groups is 1. The standard InChI is InChI=1S/C17H21ClN2O4S2/c1-4-10(2)16(21)19-17-20(12-7-11(18)5-6-14(12)24-3)13-8-26(22,23)9-15(13)25-17/h5-7,10,13,15H,4,8-9H2,1-3H3/t10-,13-,15+/m0/s1. The lowest BCUT2D eigenvalue weighted by atomic mass is 10.1. The van der Waals surface area contributed by atoms with E-state index in [0.29, 0.717) is 28.0 Å². The van der Waals surface area contributed by atoms with Gasteiger partial charge < -0.3 is 9.64 Å². The average molecular weight is 417 g/mol. The lowest BCUT2D eigenvalue weighted by Crippen LogP contribution is -2.38. The molecule has 0 aromatic heterocycles. The molecule has 0 bridgehead atoms. The Kier molecular flexibility index (Phi) is 5.55. The molecule has 0 spiro atoms. The summed E-state index contributed by atoms with van der Waals surface area (Å²) in [7, 11) is -1.58. The summed E-state index contributed by atoms with van der Waals surface area (Å²) in [6, 6.07) is 4.86. The van der Waals surface area contributed by atoms with Gasteiger partial charge in [-0.2, -0.15) is 4.99 Å². The van der Waals surface area contributed by atoms with Gasteiger partial charge in [0.05, 0.1) is 30.3 Å². The molecular formula is C17H21ClN2O4S2. The number of nitrogens with zero attached hydrogens (tertiary/aromatic N) is 2. The minimum Gasteiger partial charge on any atom is -0.495 e. The number of ether oxygens (including phenoxy) is 1. The highest BCUT2D eigenvalue weighted by molar-refractivity contribution is 8.16. The second-order valence-electron chi connectivity index (χ2n) is 6.53. The third kappa shape index (κ3) is 3.73. The first-order valence-electron chi connectivity index (χ1n) is 8.38. The van der Waals surface area contributed by atoms with Crippen molar-refractivity contribution < 1.29 is 17.9 Å². The molecule has 2 fully saturated rings. The maximum atomic E-state index is 12.4. The molecule has 3 atom stereocenters. The van der Waals surface area contributed by atoms with Crippen LogP contribution in [0.1, 0.15) is 20.3 Å². The molecule has 1 aromatic carbocycles. The topological polar surface area (TPSA) is 76.0 Å². The highest BCUT2D eigenvalue weighted by Gasteiger charge is 2.50. The molecule has 1 amide bonds. The Morgan fingerprint density at radius 3 is 2.85 bits per heavy atom. The normalized spacial score (nSPS) is 26.8. The van der Waals surface area contributed by atoms with Crippen LogP contribution in [0.2, 0.25) is 5.02 Å². The van der Waals surface area contributed by atoms with Crippen molar-refractivity contribution in [3.8, 4) is 5.75 Å². The van der Waals surface area contributed by atoms with Crippen molar-refractivity contribution in [2.24, 2.45) is 10.9 Å². The number of benzene rings is 1. The van der Waals surface area contributed by atoms with Crippen LogP contribution in [0.3, 0.4) is 0 Å². The molecule has 0 N–H and O–H groups in total. The molecule has 0 saturated carbocycles. The van der Waals surface area contributed by atoms with Gasteiger partial charge in [0.1, 0.15) is 5.75 Å². The van der Waals surface area contributed by atoms with Crippen LogP contribution >= 0.6 is 23.4 Å². The van der Waals surface area contributed by atoms with Crippen molar-refractivity contribution in [2.45, 2.75) is 31.6 Å². The molecule has 6 nitrogen and oxygen atoms in total. The first-order valence-corrected chi connectivity index (χ1v) is 11.5. The molecule has 3 rings (SSSR count). The van der Waals surface area contributed by atoms with Crippen LogP contribution in [0.15, 0.2) is 23.2 Å². The molecule has 0 aliphatic carbocycles. The fourth-order valence-electron chi connectivity index (χ4n) is 3.08. The van der Waals surface area contributed by atoms with Crippen LogP contribution in [0, 0.1) is 5.92 Å². The summed E-state index contributed by atoms with van der Waals surface area (Å²) >= 11 is 7.51. The number of rotatable bonds is 4. The van der Waals surface area contributed by atoms with Gasteiger partial charge in [0, 0.05) is 16.2 Å². The summed E-state index contributed by atoms with van der Waals surface area (Å²) in [5.74, 6) is 0.276. The first kappa shape index (κ1) is 19.5. The van der Waals surface area contributed by atoms with Gasteiger partial charge in [0.25, 0.3) is 5.91 Å². The van der Waals surface area contributed by atoms with Gasteiger partial charge in [0.2, 0.25) is 0 Å². The Hall–Kier alpha value is -1.25. The number of carbonyl (C=O) groups excluding carboxylic acids is 1. The summed E-state index contributed by atoms with van der Waals surface area (Å²) < 4.78 is 29.7. The van der Waals surface area contributed by atoms with Crippen molar-refractivity contribution in [1.29, 1.82) is 0 Å². The van der Waals surface area contributed by atoms with E-state index in [1.165, 1.54) is 11.8 Å². The third-order valence-corrected chi connectivity index (χ3v) is 8.15. The SMILES string of the molecule is CC[C@H](C)C(=O)N=C1S[C@@H]2CS(=O)(=O)C[C@@H]2N1c1cc(Cl)ccc1OC. The van der Waals surface area contributed by atoms with E-state index in [4.69, 9.17) is 16.3 Å². The van der Waals surface area contributed by atoms with Crippen LogP contribution in [0.4, 0.5) is 5.69 Å². The number of halogens is 1. The number of carbonyl (C=O) groups is 1. The van der Waals surface area contributed by atoms with Gasteiger partial charge in [-0.1, -0.05) is 37.2 Å². The monoisotopic (exact) mass is 416 g/mol. The maximum absolute atomic E-state index is 12.4. The minimum atomic E-state index is -3.13. The van der Waals surface area contributed by atoms with E-state index in [1.807, 2.05) is 18.7 Å². The van der Waals surface area contributed by atoms with Crippen LogP contribution in [0.25, 0.3) is 0 Å². The summed E-state index contributed by atoms with van der Waals surface area (Å²) in [6.07, 6.45) is 0.696. The van der Waals surface area contributed by atoms with Crippen molar-refractivity contribution in [3.05, 3.63) is 23.2 Å². The lowest BCUT2D eigenvalue weighted by molar-refractivity contribution is -0.121. The van der Waals surface area contributed by atoms with Crippen LogP contribution in [-0.2, 0) is 14.6 Å². The number of thioether (sulfide) groups is 1. The zero-order valence-corrected chi connectivity index (χ0v) is 17.2. The molecule has 0 radical (unpaired) electrons. The van der Waals surface area contributed by atoms with Crippen LogP contribution < -0.4 is 9.64 Å². The van der Waals surface area contributed by atoms with E-state index in [1.54, 1.807) is 25.3 Å². The number of sulfone groups is 1. The Balaban J connectivity index is 2.08. The van der Waals surface area contributed by atoms with Crippen LogP contribution in [-0.4, -0.2) is 49.4 Å². The fraction of sp³-hybridized carbons (Fsp3) is 0.529. The number of anilines is 1. The van der Waals surface area contributed by atoms with E-state index in [9.17, 15) is 13.2 Å². The minimum absolute atomic E-state index is 0.0247. The number of hydrogen-bond acceptors (Lipinski definition) is 5. The van der Waals surface area contributed by atoms with Crippen molar-refractivity contribution in [2.75, 3.05) is 23.5 Å². The molecule has 2 heterocycles. The summed E-state index contributed by atoms with van der Waals surface area (Å²) in [4.78, 5) is 18.5. The molecule has 26 heavy (non-hydrogen) atoms. The number of hydrogen-bond donors (Lipinski definition) is 0. The van der Waals surface area contributed by atoms with Gasteiger partial charge in [-0.25, -0.2) is 8.42 Å². The smallest absolute Gasteiger partial charge is 0.250 e. The number of methoxy groups -OCH3 is 1. The molecular weight excluding hydrogens is 396 g/mol. The van der Waals surface area contributed by atoms with Gasteiger partial charge in [-0.3, -0.25) is 4.79 Å². The number of amides is 1. The fourth-order valence-corrected chi connectivity index (χ4v) is 7.16. The first-order chi connectivity index (χ1) is 12.3. The maximum Gasteiger partial charge on any atom is 0.250 e. The summed E-state index contributed by atoms with van der Waals surface area (Å²) in [6.45, 7) is 3.77. The van der Waals surface area contributed by atoms with Gasteiger partial charge >= 0.3 is 0 Å². The van der Waals surface area contributed by atoms with E-state index >= 15 is 0 Å². The molecule has 1 aromatic rings. The van der Waals surface area contributed by atoms with E-state index < -0.39 is 9.84 Å². The zero-order chi connectivity index (χ0) is 19.1. The molecule has 2 aliphatic heterocycles. The third-order valence-electron chi connectivity index (χ3n) is 4.71. The Bertz CT molecular complexity index is 856. The number of fused-ring (bicyclic) bond motifs is 1. The Morgan fingerprint density at radius 2 is 2.19 bits per heavy atom. The highest BCUT2D eigenvalue weighted by Crippen LogP contribution is 2.44. The van der Waals surface area contributed by atoms with E-state index in [2.05, 4.69) is 4.99 Å². The predicted octanol–water partition coefficient (Wildman–Crippen LogP) is 3.00. The largest absolute Gasteiger partial charge is 0.495 e. The quantitative estimate of drug-likeness (QED) is 0.750. The second-order valence-corrected chi connectivity index (χ2v) is 10.3. The Labute approximate surface area is 162 Å². The zero-order valence-electron chi connectivity index (χ0n) is 14.8. The van der Waals surface area contributed by atoms with E-state index in [0.717, 1.165) is 0 Å². The van der Waals surface area contributed by atoms with Gasteiger partial charge in [-0.05, 0) is 24.6 Å². The van der Waals surface area contributed by atoms with Crippen molar-refractivity contribution in [1.82, 2.24) is 0 Å². The molecule has 2 saturated heterocycles. The molecule has 142 valence electrons. The number of aliphatic imine (C=N–C) groups is 1. The predicted molar refractivity (Wildman–Crippen MR) is 106 cm³/mol. The lowest BCUT2D eigenvalue weighted by Gasteiger charge is -2.26. The van der Waals surface area contributed by atoms with Crippen molar-refractivity contribution >= 4 is 50.0 Å². The van der Waals surface area contributed by atoms with E-state index in [-0.39, 0.29) is 34.6 Å². The summed E-state index contributed by atoms with van der Waals surface area (Å²) in [5.41, 5.74) is 0.632.